The van der Waals surface area contributed by atoms with Crippen molar-refractivity contribution in [3.8, 4) is 5.75 Å². The van der Waals surface area contributed by atoms with E-state index in [-0.39, 0.29) is 5.60 Å². The molecule has 2 atom stereocenters. The Morgan fingerprint density at radius 2 is 2.25 bits per heavy atom. The predicted molar refractivity (Wildman–Crippen MR) is 77.3 cm³/mol. The van der Waals surface area contributed by atoms with Gasteiger partial charge in [0.2, 0.25) is 0 Å². The maximum Gasteiger partial charge on any atom is 0.122 e. The fraction of sp³-hybridized carbons (Fsp3) is 0.625. The lowest BCUT2D eigenvalue weighted by Crippen LogP contribution is -2.44. The van der Waals surface area contributed by atoms with Crippen LogP contribution in [-0.4, -0.2) is 45.6 Å². The van der Waals surface area contributed by atoms with Crippen molar-refractivity contribution < 1.29 is 14.2 Å². The molecule has 2 unspecified atom stereocenters. The molecule has 110 valence electrons. The Balaban J connectivity index is 1.57. The molecule has 4 nitrogen and oxygen atoms in total. The summed E-state index contributed by atoms with van der Waals surface area (Å²) in [5.41, 5.74) is 1.19. The van der Waals surface area contributed by atoms with E-state index in [4.69, 9.17) is 14.2 Å². The summed E-state index contributed by atoms with van der Waals surface area (Å²) in [4.78, 5) is 0. The van der Waals surface area contributed by atoms with Gasteiger partial charge in [-0.15, -0.1) is 0 Å². The van der Waals surface area contributed by atoms with Crippen LogP contribution in [0.5, 0.6) is 5.75 Å². The van der Waals surface area contributed by atoms with Crippen LogP contribution < -0.4 is 10.1 Å². The van der Waals surface area contributed by atoms with Crippen molar-refractivity contribution in [3.63, 3.8) is 0 Å². The highest BCUT2D eigenvalue weighted by atomic mass is 16.5. The van der Waals surface area contributed by atoms with Gasteiger partial charge in [0, 0.05) is 39.1 Å². The number of para-hydroxylation sites is 1. The van der Waals surface area contributed by atoms with Gasteiger partial charge in [0.15, 0.2) is 0 Å². The molecule has 1 fully saturated rings. The number of hydrogen-bond acceptors (Lipinski definition) is 4. The van der Waals surface area contributed by atoms with E-state index in [1.165, 1.54) is 5.56 Å². The molecule has 0 spiro atoms. The standard InChI is InChI=1S/C16H23NO3/c1-18-16(7-9-19-12-16)11-17-10-13-6-8-20-15-5-3-2-4-14(13)15/h2-5,13,17H,6-12H2,1H3. The zero-order valence-electron chi connectivity index (χ0n) is 12.1. The highest BCUT2D eigenvalue weighted by Gasteiger charge is 2.34. The second-order valence-electron chi connectivity index (χ2n) is 5.69. The number of fused-ring (bicyclic) bond motifs is 1. The van der Waals surface area contributed by atoms with Crippen LogP contribution in [0.15, 0.2) is 24.3 Å². The average molecular weight is 277 g/mol. The lowest BCUT2D eigenvalue weighted by Gasteiger charge is -2.29. The molecule has 3 rings (SSSR count). The topological polar surface area (TPSA) is 39.7 Å². The minimum atomic E-state index is -0.134. The lowest BCUT2D eigenvalue weighted by molar-refractivity contribution is -0.0159. The Hall–Kier alpha value is -1.10. The quantitative estimate of drug-likeness (QED) is 0.893. The molecule has 0 bridgehead atoms. The molecule has 0 aromatic heterocycles. The predicted octanol–water partition coefficient (Wildman–Crippen LogP) is 1.95. The van der Waals surface area contributed by atoms with Crippen molar-refractivity contribution in [1.82, 2.24) is 5.32 Å². The number of benzene rings is 1. The van der Waals surface area contributed by atoms with Crippen molar-refractivity contribution >= 4 is 0 Å². The molecule has 0 radical (unpaired) electrons. The molecule has 0 saturated carbocycles. The Kier molecular flexibility index (Phi) is 4.24. The maximum absolute atomic E-state index is 5.70. The molecule has 1 N–H and O–H groups in total. The zero-order chi connectivity index (χ0) is 13.8. The summed E-state index contributed by atoms with van der Waals surface area (Å²) < 4.78 is 16.8. The Bertz CT molecular complexity index is 443. The van der Waals surface area contributed by atoms with Gasteiger partial charge in [-0.2, -0.15) is 0 Å². The van der Waals surface area contributed by atoms with E-state index >= 15 is 0 Å². The van der Waals surface area contributed by atoms with E-state index in [1.54, 1.807) is 7.11 Å². The second kappa shape index (κ2) is 6.12. The maximum atomic E-state index is 5.70. The van der Waals surface area contributed by atoms with E-state index in [0.717, 1.165) is 44.9 Å². The number of methoxy groups -OCH3 is 1. The van der Waals surface area contributed by atoms with Gasteiger partial charge < -0.3 is 19.5 Å². The number of rotatable bonds is 5. The SMILES string of the molecule is COC1(CNCC2CCOc3ccccc32)CCOC1. The van der Waals surface area contributed by atoms with Crippen LogP contribution in [0.3, 0.4) is 0 Å². The Labute approximate surface area is 120 Å². The summed E-state index contributed by atoms with van der Waals surface area (Å²) in [6.07, 6.45) is 2.04. The molecule has 0 amide bonds. The van der Waals surface area contributed by atoms with Crippen LogP contribution in [0.25, 0.3) is 0 Å². The first-order valence-corrected chi connectivity index (χ1v) is 7.38. The summed E-state index contributed by atoms with van der Waals surface area (Å²) in [5, 5.41) is 3.57. The van der Waals surface area contributed by atoms with Gasteiger partial charge in [0.25, 0.3) is 0 Å². The third kappa shape index (κ3) is 2.82. The first-order valence-electron chi connectivity index (χ1n) is 7.38. The normalized spacial score (nSPS) is 28.9. The molecule has 1 aromatic rings. The summed E-state index contributed by atoms with van der Waals surface area (Å²) in [6, 6.07) is 8.35. The highest BCUT2D eigenvalue weighted by molar-refractivity contribution is 5.37. The number of nitrogens with one attached hydrogen (secondary N) is 1. The van der Waals surface area contributed by atoms with Crippen LogP contribution >= 0.6 is 0 Å². The smallest absolute Gasteiger partial charge is 0.122 e. The van der Waals surface area contributed by atoms with Crippen LogP contribution in [0, 0.1) is 0 Å². The van der Waals surface area contributed by atoms with Gasteiger partial charge in [0.05, 0.1) is 13.2 Å². The molecule has 2 aliphatic heterocycles. The summed E-state index contributed by atoms with van der Waals surface area (Å²) in [7, 11) is 1.78. The first kappa shape index (κ1) is 13.9. The Morgan fingerprint density at radius 1 is 1.35 bits per heavy atom. The number of hydrogen-bond donors (Lipinski definition) is 1. The largest absolute Gasteiger partial charge is 0.493 e. The van der Waals surface area contributed by atoms with Gasteiger partial charge in [-0.05, 0) is 18.1 Å². The van der Waals surface area contributed by atoms with E-state index in [9.17, 15) is 0 Å². The van der Waals surface area contributed by atoms with E-state index in [1.807, 2.05) is 6.07 Å². The number of ether oxygens (including phenoxy) is 3. The molecule has 20 heavy (non-hydrogen) atoms. The fourth-order valence-corrected chi connectivity index (χ4v) is 3.06. The zero-order valence-corrected chi connectivity index (χ0v) is 12.1. The summed E-state index contributed by atoms with van der Waals surface area (Å²) in [6.45, 7) is 4.12. The lowest BCUT2D eigenvalue weighted by atomic mass is 9.92. The van der Waals surface area contributed by atoms with Crippen LogP contribution in [-0.2, 0) is 9.47 Å². The molecule has 1 saturated heterocycles. The highest BCUT2D eigenvalue weighted by Crippen LogP contribution is 2.33. The minimum absolute atomic E-state index is 0.134. The third-order valence-corrected chi connectivity index (χ3v) is 4.42. The van der Waals surface area contributed by atoms with Crippen molar-refractivity contribution in [2.24, 2.45) is 0 Å². The van der Waals surface area contributed by atoms with Gasteiger partial charge in [-0.3, -0.25) is 0 Å². The monoisotopic (exact) mass is 277 g/mol. The molecular weight excluding hydrogens is 254 g/mol. The van der Waals surface area contributed by atoms with Gasteiger partial charge in [0.1, 0.15) is 11.4 Å². The minimum Gasteiger partial charge on any atom is -0.493 e. The van der Waals surface area contributed by atoms with Crippen molar-refractivity contribution in [1.29, 1.82) is 0 Å². The van der Waals surface area contributed by atoms with Crippen molar-refractivity contribution in [2.75, 3.05) is 40.0 Å². The molecule has 2 aliphatic rings. The molecule has 4 heteroatoms. The third-order valence-electron chi connectivity index (χ3n) is 4.42. The summed E-state index contributed by atoms with van der Waals surface area (Å²) >= 11 is 0. The molecular formula is C16H23NO3. The molecule has 2 heterocycles. The van der Waals surface area contributed by atoms with Crippen LogP contribution in [0.2, 0.25) is 0 Å². The van der Waals surface area contributed by atoms with E-state index in [0.29, 0.717) is 12.5 Å². The average Bonchev–Trinajstić information content (AvgIpc) is 2.97. The van der Waals surface area contributed by atoms with Crippen LogP contribution in [0.4, 0.5) is 0 Å². The molecule has 0 aliphatic carbocycles. The second-order valence-corrected chi connectivity index (χ2v) is 5.69. The van der Waals surface area contributed by atoms with Crippen molar-refractivity contribution in [2.45, 2.75) is 24.4 Å². The van der Waals surface area contributed by atoms with Gasteiger partial charge in [-0.1, -0.05) is 18.2 Å². The van der Waals surface area contributed by atoms with Crippen molar-refractivity contribution in [3.05, 3.63) is 29.8 Å². The van der Waals surface area contributed by atoms with E-state index in [2.05, 4.69) is 23.5 Å². The van der Waals surface area contributed by atoms with Gasteiger partial charge in [-0.25, -0.2) is 0 Å². The van der Waals surface area contributed by atoms with E-state index < -0.39 is 0 Å². The first-order chi connectivity index (χ1) is 9.83. The molecule has 1 aromatic carbocycles. The Morgan fingerprint density at radius 3 is 3.05 bits per heavy atom. The fourth-order valence-electron chi connectivity index (χ4n) is 3.06. The van der Waals surface area contributed by atoms with Crippen LogP contribution in [0.1, 0.15) is 24.3 Å². The summed E-state index contributed by atoms with van der Waals surface area (Å²) in [5.74, 6) is 1.56. The van der Waals surface area contributed by atoms with Gasteiger partial charge >= 0.3 is 0 Å².